The van der Waals surface area contributed by atoms with Gasteiger partial charge in [0.25, 0.3) is 0 Å². The number of nitrogens with zero attached hydrogens (tertiary/aromatic N) is 1. The maximum absolute atomic E-state index is 13.3. The molecule has 0 aliphatic carbocycles. The van der Waals surface area contributed by atoms with E-state index < -0.39 is 6.04 Å². The minimum Gasteiger partial charge on any atom is -0.350 e. The predicted octanol–water partition coefficient (Wildman–Crippen LogP) is 5.01. The van der Waals surface area contributed by atoms with Gasteiger partial charge in [-0.25, -0.2) is 0 Å². The molecule has 0 aliphatic rings. The molecule has 0 saturated carbocycles. The Morgan fingerprint density at radius 2 is 1.42 bits per heavy atom. The van der Waals surface area contributed by atoms with E-state index in [-0.39, 0.29) is 11.8 Å². The Hall–Kier alpha value is -3.11. The third-order valence-corrected chi connectivity index (χ3v) is 5.40. The largest absolute Gasteiger partial charge is 0.350 e. The van der Waals surface area contributed by atoms with Crippen LogP contribution in [-0.2, 0) is 29.1 Å². The fourth-order valence-electron chi connectivity index (χ4n) is 3.45. The molecule has 3 aromatic carbocycles. The SMILES string of the molecule is CCC(=O)N(Cc1ccc(Cl)cc1)C(Cc1ccccc1)C(=O)NCc1ccccc1. The van der Waals surface area contributed by atoms with Gasteiger partial charge in [0.1, 0.15) is 6.04 Å². The van der Waals surface area contributed by atoms with Crippen LogP contribution < -0.4 is 5.32 Å². The summed E-state index contributed by atoms with van der Waals surface area (Å²) >= 11 is 6.01. The summed E-state index contributed by atoms with van der Waals surface area (Å²) in [5.74, 6) is -0.228. The molecule has 0 radical (unpaired) electrons. The average molecular weight is 435 g/mol. The third-order valence-electron chi connectivity index (χ3n) is 5.15. The summed E-state index contributed by atoms with van der Waals surface area (Å²) in [6, 6.07) is 26.3. The second kappa shape index (κ2) is 11.3. The highest BCUT2D eigenvalue weighted by Crippen LogP contribution is 2.17. The van der Waals surface area contributed by atoms with Crippen LogP contribution in [0.1, 0.15) is 30.0 Å². The van der Waals surface area contributed by atoms with Crippen LogP contribution in [0.15, 0.2) is 84.9 Å². The van der Waals surface area contributed by atoms with E-state index in [9.17, 15) is 9.59 Å². The first-order chi connectivity index (χ1) is 15.1. The van der Waals surface area contributed by atoms with Gasteiger partial charge in [-0.15, -0.1) is 0 Å². The van der Waals surface area contributed by atoms with E-state index in [0.717, 1.165) is 16.7 Å². The van der Waals surface area contributed by atoms with E-state index in [2.05, 4.69) is 5.32 Å². The molecule has 1 unspecified atom stereocenters. The first-order valence-electron chi connectivity index (χ1n) is 10.5. The van der Waals surface area contributed by atoms with Crippen LogP contribution in [0.25, 0.3) is 0 Å². The molecule has 0 fully saturated rings. The summed E-state index contributed by atoms with van der Waals surface area (Å²) in [6.07, 6.45) is 0.769. The molecule has 4 nitrogen and oxygen atoms in total. The first-order valence-corrected chi connectivity index (χ1v) is 10.8. The molecule has 31 heavy (non-hydrogen) atoms. The lowest BCUT2D eigenvalue weighted by Gasteiger charge is -2.31. The number of carbonyl (C=O) groups excluding carboxylic acids is 2. The summed E-state index contributed by atoms with van der Waals surface area (Å²) in [5.41, 5.74) is 2.95. The van der Waals surface area contributed by atoms with Crippen LogP contribution in [0, 0.1) is 0 Å². The molecule has 0 heterocycles. The number of hydrogen-bond acceptors (Lipinski definition) is 2. The van der Waals surface area contributed by atoms with Crippen LogP contribution >= 0.6 is 11.6 Å². The number of rotatable bonds is 9. The zero-order valence-corrected chi connectivity index (χ0v) is 18.4. The molecule has 1 N–H and O–H groups in total. The number of amides is 2. The minimum atomic E-state index is -0.616. The van der Waals surface area contributed by atoms with Gasteiger partial charge in [0.15, 0.2) is 0 Å². The lowest BCUT2D eigenvalue weighted by molar-refractivity contribution is -0.141. The lowest BCUT2D eigenvalue weighted by Crippen LogP contribution is -2.50. The summed E-state index contributed by atoms with van der Waals surface area (Å²) < 4.78 is 0. The molecule has 3 rings (SSSR count). The van der Waals surface area contributed by atoms with E-state index in [4.69, 9.17) is 11.6 Å². The van der Waals surface area contributed by atoms with Crippen molar-refractivity contribution in [1.82, 2.24) is 10.2 Å². The molecule has 2 amide bonds. The van der Waals surface area contributed by atoms with Gasteiger partial charge in [0.2, 0.25) is 11.8 Å². The number of halogens is 1. The Kier molecular flexibility index (Phi) is 8.25. The summed E-state index contributed by atoms with van der Waals surface area (Å²) in [7, 11) is 0. The minimum absolute atomic E-state index is 0.0641. The van der Waals surface area contributed by atoms with E-state index >= 15 is 0 Å². The summed E-state index contributed by atoms with van der Waals surface area (Å²) in [5, 5.41) is 3.66. The molecule has 0 saturated heterocycles. The maximum Gasteiger partial charge on any atom is 0.243 e. The molecule has 1 atom stereocenters. The lowest BCUT2D eigenvalue weighted by atomic mass is 10.0. The normalized spacial score (nSPS) is 11.5. The predicted molar refractivity (Wildman–Crippen MR) is 125 cm³/mol. The number of benzene rings is 3. The Balaban J connectivity index is 1.85. The van der Waals surface area contributed by atoms with Crippen molar-refractivity contribution in [2.24, 2.45) is 0 Å². The monoisotopic (exact) mass is 434 g/mol. The van der Waals surface area contributed by atoms with Gasteiger partial charge in [-0.3, -0.25) is 9.59 Å². The van der Waals surface area contributed by atoms with Crippen LogP contribution in [-0.4, -0.2) is 22.8 Å². The van der Waals surface area contributed by atoms with Crippen molar-refractivity contribution in [3.8, 4) is 0 Å². The Labute approximate surface area is 188 Å². The van der Waals surface area contributed by atoms with Crippen molar-refractivity contribution in [3.05, 3.63) is 107 Å². The molecule has 0 aliphatic heterocycles. The van der Waals surface area contributed by atoms with Gasteiger partial charge in [-0.1, -0.05) is 91.3 Å². The molecular formula is C26H27ClN2O2. The van der Waals surface area contributed by atoms with Gasteiger partial charge in [0.05, 0.1) is 0 Å². The van der Waals surface area contributed by atoms with Crippen molar-refractivity contribution < 1.29 is 9.59 Å². The van der Waals surface area contributed by atoms with Crippen molar-refractivity contribution >= 4 is 23.4 Å². The molecule has 0 aromatic heterocycles. The fourth-order valence-corrected chi connectivity index (χ4v) is 3.57. The second-order valence-corrected chi connectivity index (χ2v) is 7.85. The number of nitrogens with one attached hydrogen (secondary N) is 1. The smallest absolute Gasteiger partial charge is 0.243 e. The van der Waals surface area contributed by atoms with Crippen molar-refractivity contribution in [3.63, 3.8) is 0 Å². The van der Waals surface area contributed by atoms with Crippen LogP contribution in [0.2, 0.25) is 5.02 Å². The highest BCUT2D eigenvalue weighted by Gasteiger charge is 2.29. The van der Waals surface area contributed by atoms with Crippen LogP contribution in [0.4, 0.5) is 0 Å². The van der Waals surface area contributed by atoms with Crippen LogP contribution in [0.5, 0.6) is 0 Å². The zero-order chi connectivity index (χ0) is 22.1. The standard InChI is InChI=1S/C26H27ClN2O2/c1-2-25(30)29(19-22-13-15-23(27)16-14-22)24(17-20-9-5-3-6-10-20)26(31)28-18-21-11-7-4-8-12-21/h3-16,24H,2,17-19H2,1H3,(H,28,31). The van der Waals surface area contributed by atoms with Gasteiger partial charge in [-0.05, 0) is 28.8 Å². The molecule has 3 aromatic rings. The van der Waals surface area contributed by atoms with Crippen molar-refractivity contribution in [1.29, 1.82) is 0 Å². The molecule has 160 valence electrons. The summed E-state index contributed by atoms with van der Waals surface area (Å²) in [6.45, 7) is 2.58. The van der Waals surface area contributed by atoms with E-state index in [0.29, 0.717) is 31.0 Å². The van der Waals surface area contributed by atoms with Gasteiger partial charge in [-0.2, -0.15) is 0 Å². The molecule has 0 spiro atoms. The van der Waals surface area contributed by atoms with E-state index in [1.54, 1.807) is 17.0 Å². The van der Waals surface area contributed by atoms with Crippen molar-refractivity contribution in [2.75, 3.05) is 0 Å². The molecule has 0 bridgehead atoms. The van der Waals surface area contributed by atoms with E-state index in [1.807, 2.05) is 79.7 Å². The van der Waals surface area contributed by atoms with Gasteiger partial charge < -0.3 is 10.2 Å². The second-order valence-electron chi connectivity index (χ2n) is 7.41. The fraction of sp³-hybridized carbons (Fsp3) is 0.231. The maximum atomic E-state index is 13.3. The van der Waals surface area contributed by atoms with Crippen LogP contribution in [0.3, 0.4) is 0 Å². The van der Waals surface area contributed by atoms with E-state index in [1.165, 1.54) is 0 Å². The van der Waals surface area contributed by atoms with Gasteiger partial charge >= 0.3 is 0 Å². The molecular weight excluding hydrogens is 408 g/mol. The summed E-state index contributed by atoms with van der Waals surface area (Å²) in [4.78, 5) is 27.9. The van der Waals surface area contributed by atoms with Gasteiger partial charge in [0, 0.05) is 31.0 Å². The third kappa shape index (κ3) is 6.69. The highest BCUT2D eigenvalue weighted by molar-refractivity contribution is 6.30. The molecule has 5 heteroatoms. The topological polar surface area (TPSA) is 49.4 Å². The number of hydrogen-bond donors (Lipinski definition) is 1. The highest BCUT2D eigenvalue weighted by atomic mass is 35.5. The van der Waals surface area contributed by atoms with Crippen molar-refractivity contribution in [2.45, 2.75) is 38.9 Å². The Morgan fingerprint density at radius 1 is 0.839 bits per heavy atom. The zero-order valence-electron chi connectivity index (χ0n) is 17.6. The first kappa shape index (κ1) is 22.6. The quantitative estimate of drug-likeness (QED) is 0.514. The number of carbonyl (C=O) groups is 2. The average Bonchev–Trinajstić information content (AvgIpc) is 2.82. The Bertz CT molecular complexity index is 975. The Morgan fingerprint density at radius 3 is 2.00 bits per heavy atom.